The highest BCUT2D eigenvalue weighted by molar-refractivity contribution is 7.09. The van der Waals surface area contributed by atoms with Crippen molar-refractivity contribution in [1.29, 1.82) is 0 Å². The third kappa shape index (κ3) is 5.19. The van der Waals surface area contributed by atoms with Gasteiger partial charge in [-0.2, -0.15) is 5.10 Å². The summed E-state index contributed by atoms with van der Waals surface area (Å²) in [5.74, 6) is 0.839. The predicted octanol–water partition coefficient (Wildman–Crippen LogP) is 3.23. The van der Waals surface area contributed by atoms with Crippen LogP contribution in [0.3, 0.4) is 0 Å². The van der Waals surface area contributed by atoms with Crippen LogP contribution in [0.2, 0.25) is 0 Å². The number of para-hydroxylation sites is 1. The van der Waals surface area contributed by atoms with E-state index in [9.17, 15) is 0 Å². The van der Waals surface area contributed by atoms with E-state index in [0.29, 0.717) is 6.54 Å². The van der Waals surface area contributed by atoms with Gasteiger partial charge in [0.15, 0.2) is 5.96 Å². The van der Waals surface area contributed by atoms with Crippen LogP contribution in [-0.2, 0) is 13.0 Å². The number of aromatic nitrogens is 2. The van der Waals surface area contributed by atoms with Gasteiger partial charge in [-0.05, 0) is 36.9 Å². The summed E-state index contributed by atoms with van der Waals surface area (Å²) in [5, 5.41) is 13.2. The molecule has 25 heavy (non-hydrogen) atoms. The zero-order chi connectivity index (χ0) is 17.3. The van der Waals surface area contributed by atoms with E-state index in [4.69, 9.17) is 0 Å². The second-order valence-electron chi connectivity index (χ2n) is 5.58. The Balaban J connectivity index is 1.56. The molecule has 0 fully saturated rings. The minimum absolute atomic E-state index is 0.598. The summed E-state index contributed by atoms with van der Waals surface area (Å²) in [6.07, 6.45) is 4.90. The highest BCUT2D eigenvalue weighted by Crippen LogP contribution is 2.09. The maximum atomic E-state index is 4.65. The average molecular weight is 353 g/mol. The quantitative estimate of drug-likeness (QED) is 0.506. The minimum Gasteiger partial charge on any atom is -0.357 e. The van der Waals surface area contributed by atoms with Gasteiger partial charge >= 0.3 is 0 Å². The Morgan fingerprint density at radius 1 is 1.16 bits per heavy atom. The number of nitrogens with one attached hydrogen (secondary N) is 2. The summed E-state index contributed by atoms with van der Waals surface area (Å²) in [5.41, 5.74) is 2.14. The topological polar surface area (TPSA) is 54.2 Å². The standard InChI is InChI=1S/C19H23N5S/c1-2-20-19(21-11-10-18-9-6-12-25-18)22-13-16-14-23-24(15-16)17-7-4-3-5-8-17/h3-9,12,14-15H,2,10-11,13H2,1H3,(H2,20,21,22). The molecule has 2 N–H and O–H groups in total. The Labute approximate surface area is 152 Å². The second-order valence-corrected chi connectivity index (χ2v) is 6.61. The fourth-order valence-corrected chi connectivity index (χ4v) is 3.14. The number of nitrogens with zero attached hydrogens (tertiary/aromatic N) is 3. The number of hydrogen-bond donors (Lipinski definition) is 2. The average Bonchev–Trinajstić information content (AvgIpc) is 3.32. The van der Waals surface area contributed by atoms with Gasteiger partial charge in [0.1, 0.15) is 0 Å². The first-order valence-electron chi connectivity index (χ1n) is 8.48. The van der Waals surface area contributed by atoms with E-state index in [1.807, 2.05) is 47.4 Å². The largest absolute Gasteiger partial charge is 0.357 e. The molecule has 130 valence electrons. The van der Waals surface area contributed by atoms with Crippen LogP contribution in [0.1, 0.15) is 17.4 Å². The van der Waals surface area contributed by atoms with Crippen LogP contribution in [0.5, 0.6) is 0 Å². The molecular weight excluding hydrogens is 330 g/mol. The van der Waals surface area contributed by atoms with Crippen molar-refractivity contribution in [3.63, 3.8) is 0 Å². The van der Waals surface area contributed by atoms with Crippen molar-refractivity contribution in [1.82, 2.24) is 20.4 Å². The van der Waals surface area contributed by atoms with E-state index < -0.39 is 0 Å². The minimum atomic E-state index is 0.598. The highest BCUT2D eigenvalue weighted by Gasteiger charge is 2.02. The van der Waals surface area contributed by atoms with Gasteiger partial charge < -0.3 is 10.6 Å². The summed E-state index contributed by atoms with van der Waals surface area (Å²) >= 11 is 1.79. The third-order valence-electron chi connectivity index (χ3n) is 3.66. The number of guanidine groups is 1. The number of rotatable bonds is 7. The zero-order valence-corrected chi connectivity index (χ0v) is 15.2. The third-order valence-corrected chi connectivity index (χ3v) is 4.60. The summed E-state index contributed by atoms with van der Waals surface area (Å²) in [6, 6.07) is 14.3. The maximum absolute atomic E-state index is 4.65. The molecule has 3 aromatic rings. The van der Waals surface area contributed by atoms with Crippen LogP contribution < -0.4 is 10.6 Å². The van der Waals surface area contributed by atoms with Crippen molar-refractivity contribution < 1.29 is 0 Å². The van der Waals surface area contributed by atoms with E-state index in [1.54, 1.807) is 11.3 Å². The Hall–Kier alpha value is -2.60. The zero-order valence-electron chi connectivity index (χ0n) is 14.4. The van der Waals surface area contributed by atoms with Gasteiger partial charge in [-0.3, -0.25) is 0 Å². The lowest BCUT2D eigenvalue weighted by Gasteiger charge is -2.10. The van der Waals surface area contributed by atoms with Crippen LogP contribution in [0.4, 0.5) is 0 Å². The van der Waals surface area contributed by atoms with Crippen molar-refractivity contribution >= 4 is 17.3 Å². The molecule has 2 aromatic heterocycles. The molecule has 0 bridgehead atoms. The molecule has 3 rings (SSSR count). The van der Waals surface area contributed by atoms with E-state index in [0.717, 1.165) is 36.7 Å². The number of aliphatic imine (C=N–C) groups is 1. The summed E-state index contributed by atoms with van der Waals surface area (Å²) in [4.78, 5) is 6.04. The lowest BCUT2D eigenvalue weighted by molar-refractivity contribution is 0.804. The molecule has 0 aliphatic rings. The first-order valence-corrected chi connectivity index (χ1v) is 9.36. The predicted molar refractivity (Wildman–Crippen MR) is 104 cm³/mol. The van der Waals surface area contributed by atoms with Crippen LogP contribution >= 0.6 is 11.3 Å². The normalized spacial score (nSPS) is 11.5. The summed E-state index contributed by atoms with van der Waals surface area (Å²) < 4.78 is 1.88. The molecule has 0 saturated carbocycles. The first-order chi connectivity index (χ1) is 12.3. The van der Waals surface area contributed by atoms with Gasteiger partial charge in [-0.15, -0.1) is 11.3 Å². The van der Waals surface area contributed by atoms with Gasteiger partial charge in [-0.25, -0.2) is 9.67 Å². The van der Waals surface area contributed by atoms with Gasteiger partial charge in [0, 0.05) is 29.7 Å². The fourth-order valence-electron chi connectivity index (χ4n) is 2.43. The molecule has 0 atom stereocenters. The second kappa shape index (κ2) is 9.03. The molecule has 0 unspecified atom stereocenters. The Morgan fingerprint density at radius 2 is 2.04 bits per heavy atom. The molecule has 0 amide bonds. The summed E-state index contributed by atoms with van der Waals surface area (Å²) in [6.45, 7) is 4.38. The van der Waals surface area contributed by atoms with Gasteiger partial charge in [0.25, 0.3) is 0 Å². The molecule has 0 aliphatic heterocycles. The van der Waals surface area contributed by atoms with Gasteiger partial charge in [-0.1, -0.05) is 24.3 Å². The van der Waals surface area contributed by atoms with Gasteiger partial charge in [0.05, 0.1) is 18.4 Å². The lowest BCUT2D eigenvalue weighted by atomic mass is 10.3. The lowest BCUT2D eigenvalue weighted by Crippen LogP contribution is -2.38. The van der Waals surface area contributed by atoms with E-state index in [2.05, 4.69) is 45.2 Å². The Morgan fingerprint density at radius 3 is 2.80 bits per heavy atom. The van der Waals surface area contributed by atoms with Crippen molar-refractivity contribution in [3.8, 4) is 5.69 Å². The molecule has 0 aliphatic carbocycles. The summed E-state index contributed by atoms with van der Waals surface area (Å²) in [7, 11) is 0. The monoisotopic (exact) mass is 353 g/mol. The van der Waals surface area contributed by atoms with Crippen molar-refractivity contribution in [2.75, 3.05) is 13.1 Å². The Kier molecular flexibility index (Phi) is 6.23. The van der Waals surface area contributed by atoms with Crippen LogP contribution in [-0.4, -0.2) is 28.8 Å². The van der Waals surface area contributed by atoms with Crippen molar-refractivity contribution in [2.24, 2.45) is 4.99 Å². The van der Waals surface area contributed by atoms with Crippen LogP contribution in [0.15, 0.2) is 65.2 Å². The number of benzene rings is 1. The number of thiophene rings is 1. The molecule has 5 nitrogen and oxygen atoms in total. The van der Waals surface area contributed by atoms with Crippen molar-refractivity contribution in [3.05, 3.63) is 70.7 Å². The van der Waals surface area contributed by atoms with E-state index >= 15 is 0 Å². The molecule has 1 aromatic carbocycles. The van der Waals surface area contributed by atoms with E-state index in [-0.39, 0.29) is 0 Å². The van der Waals surface area contributed by atoms with Gasteiger partial charge in [0.2, 0.25) is 0 Å². The highest BCUT2D eigenvalue weighted by atomic mass is 32.1. The Bertz CT molecular complexity index is 777. The number of hydrogen-bond acceptors (Lipinski definition) is 3. The molecule has 0 spiro atoms. The SMILES string of the molecule is CCNC(=NCc1cnn(-c2ccccc2)c1)NCCc1cccs1. The van der Waals surface area contributed by atoms with E-state index in [1.165, 1.54) is 4.88 Å². The first kappa shape index (κ1) is 17.2. The molecule has 0 radical (unpaired) electrons. The van der Waals surface area contributed by atoms with Crippen LogP contribution in [0.25, 0.3) is 5.69 Å². The molecular formula is C19H23N5S. The van der Waals surface area contributed by atoms with Crippen LogP contribution in [0, 0.1) is 0 Å². The molecule has 0 saturated heterocycles. The fraction of sp³-hybridized carbons (Fsp3) is 0.263. The smallest absolute Gasteiger partial charge is 0.191 e. The molecule has 6 heteroatoms. The molecule has 2 heterocycles. The maximum Gasteiger partial charge on any atom is 0.191 e. The van der Waals surface area contributed by atoms with Crippen molar-refractivity contribution in [2.45, 2.75) is 19.9 Å².